The van der Waals surface area contributed by atoms with Crippen LogP contribution in [-0.2, 0) is 11.3 Å². The number of anilines is 1. The predicted octanol–water partition coefficient (Wildman–Crippen LogP) is 4.16. The van der Waals surface area contributed by atoms with E-state index in [0.717, 1.165) is 11.1 Å². The number of carbonyl (C=O) groups is 2. The molecular formula is C21H20F3N5O2S. The minimum Gasteiger partial charge on any atom is -0.343 e. The van der Waals surface area contributed by atoms with Gasteiger partial charge in [0.2, 0.25) is 5.91 Å². The number of alkyl halides is 3. The van der Waals surface area contributed by atoms with Crippen LogP contribution in [0.25, 0.3) is 11.4 Å². The summed E-state index contributed by atoms with van der Waals surface area (Å²) in [5.74, 6) is -0.842. The van der Waals surface area contributed by atoms with Gasteiger partial charge in [0.25, 0.3) is 5.91 Å². The third-order valence-electron chi connectivity index (χ3n) is 4.59. The van der Waals surface area contributed by atoms with Crippen LogP contribution in [0.4, 0.5) is 18.9 Å². The molecule has 3 aromatic rings. The molecule has 2 aromatic carbocycles. The van der Waals surface area contributed by atoms with E-state index in [1.54, 1.807) is 18.3 Å². The number of aryl methyl sites for hydroxylation is 2. The zero-order valence-corrected chi connectivity index (χ0v) is 18.0. The van der Waals surface area contributed by atoms with Gasteiger partial charge in [0.1, 0.15) is 13.1 Å². The molecule has 3 N–H and O–H groups in total. The summed E-state index contributed by atoms with van der Waals surface area (Å²) in [6.45, 7) is 2.06. The lowest BCUT2D eigenvalue weighted by Gasteiger charge is -2.13. The fraction of sp³-hybridized carbons (Fsp3) is 0.238. The van der Waals surface area contributed by atoms with Crippen LogP contribution in [0, 0.1) is 18.6 Å². The standard InChI is InChI=1S/C21H20F3N5O2S/c1-12-3-6-14(7-4-12)18-27-28-20(32)29(18)10-17(30)26-16-9-15(8-5-13(16)2)19(31)25-11-21(22,23)24/h3-9H,10-11H2,1-2H3,(H,25,31)(H,26,30)(H,28,32). The molecule has 0 spiro atoms. The molecule has 0 aliphatic rings. The number of halogens is 3. The summed E-state index contributed by atoms with van der Waals surface area (Å²) in [6, 6.07) is 11.8. The Morgan fingerprint density at radius 3 is 2.47 bits per heavy atom. The number of carbonyl (C=O) groups excluding carboxylic acids is 2. The minimum absolute atomic E-state index is 0.00424. The van der Waals surface area contributed by atoms with E-state index < -0.39 is 24.5 Å². The number of amides is 2. The number of aromatic nitrogens is 3. The predicted molar refractivity (Wildman–Crippen MR) is 116 cm³/mol. The summed E-state index contributed by atoms with van der Waals surface area (Å²) in [5, 5.41) is 11.4. The topological polar surface area (TPSA) is 91.8 Å². The maximum absolute atomic E-state index is 12.7. The van der Waals surface area contributed by atoms with Gasteiger partial charge in [-0.25, -0.2) is 0 Å². The van der Waals surface area contributed by atoms with Crippen molar-refractivity contribution in [3.8, 4) is 11.4 Å². The first-order valence-corrected chi connectivity index (χ1v) is 9.92. The molecule has 0 unspecified atom stereocenters. The lowest BCUT2D eigenvalue weighted by Crippen LogP contribution is -2.33. The fourth-order valence-electron chi connectivity index (χ4n) is 2.90. The lowest BCUT2D eigenvalue weighted by molar-refractivity contribution is -0.123. The number of rotatable bonds is 6. The highest BCUT2D eigenvalue weighted by Gasteiger charge is 2.28. The van der Waals surface area contributed by atoms with E-state index in [1.807, 2.05) is 31.2 Å². The smallest absolute Gasteiger partial charge is 0.343 e. The van der Waals surface area contributed by atoms with Crippen molar-refractivity contribution in [3.05, 3.63) is 63.9 Å². The summed E-state index contributed by atoms with van der Waals surface area (Å²) >= 11 is 5.24. The fourth-order valence-corrected chi connectivity index (χ4v) is 3.10. The van der Waals surface area contributed by atoms with Crippen molar-refractivity contribution >= 4 is 29.7 Å². The molecule has 0 radical (unpaired) electrons. The molecule has 3 rings (SSSR count). The van der Waals surface area contributed by atoms with Crippen molar-refractivity contribution < 1.29 is 22.8 Å². The Morgan fingerprint density at radius 2 is 1.81 bits per heavy atom. The van der Waals surface area contributed by atoms with Gasteiger partial charge in [-0.05, 0) is 43.8 Å². The highest BCUT2D eigenvalue weighted by molar-refractivity contribution is 7.71. The summed E-state index contributed by atoms with van der Waals surface area (Å²) in [4.78, 5) is 24.7. The molecular weight excluding hydrogens is 443 g/mol. The Balaban J connectivity index is 1.76. The molecule has 7 nitrogen and oxygen atoms in total. The van der Waals surface area contributed by atoms with Crippen LogP contribution in [0.3, 0.4) is 0 Å². The molecule has 0 aliphatic heterocycles. The van der Waals surface area contributed by atoms with Crippen LogP contribution in [0.5, 0.6) is 0 Å². The van der Waals surface area contributed by atoms with E-state index in [4.69, 9.17) is 12.2 Å². The second-order valence-corrected chi connectivity index (χ2v) is 7.57. The summed E-state index contributed by atoms with van der Waals surface area (Å²) in [7, 11) is 0. The SMILES string of the molecule is Cc1ccc(-c2n[nH]c(=S)n2CC(=O)Nc2cc(C(=O)NCC(F)(F)F)ccc2C)cc1. The first-order valence-electron chi connectivity index (χ1n) is 9.51. The van der Waals surface area contributed by atoms with Crippen LogP contribution in [0.2, 0.25) is 0 Å². The first kappa shape index (κ1) is 23.2. The second kappa shape index (κ2) is 9.35. The van der Waals surface area contributed by atoms with Crippen molar-refractivity contribution in [1.29, 1.82) is 0 Å². The van der Waals surface area contributed by atoms with Gasteiger partial charge in [-0.2, -0.15) is 18.3 Å². The highest BCUT2D eigenvalue weighted by Crippen LogP contribution is 2.20. The molecule has 11 heteroatoms. The average molecular weight is 463 g/mol. The summed E-state index contributed by atoms with van der Waals surface area (Å²) < 4.78 is 38.8. The van der Waals surface area contributed by atoms with Gasteiger partial charge >= 0.3 is 6.18 Å². The van der Waals surface area contributed by atoms with Crippen molar-refractivity contribution in [3.63, 3.8) is 0 Å². The minimum atomic E-state index is -4.52. The van der Waals surface area contributed by atoms with Gasteiger partial charge in [-0.3, -0.25) is 19.3 Å². The number of hydrogen-bond acceptors (Lipinski definition) is 4. The van der Waals surface area contributed by atoms with E-state index in [1.165, 1.54) is 16.7 Å². The molecule has 2 amide bonds. The normalized spacial score (nSPS) is 11.3. The quantitative estimate of drug-likeness (QED) is 0.479. The largest absolute Gasteiger partial charge is 0.405 e. The molecule has 1 aromatic heterocycles. The van der Waals surface area contributed by atoms with Crippen molar-refractivity contribution in [2.45, 2.75) is 26.6 Å². The van der Waals surface area contributed by atoms with Crippen LogP contribution in [0.1, 0.15) is 21.5 Å². The number of nitrogens with one attached hydrogen (secondary N) is 3. The van der Waals surface area contributed by atoms with Gasteiger partial charge < -0.3 is 10.6 Å². The maximum Gasteiger partial charge on any atom is 0.405 e. The molecule has 0 aliphatic carbocycles. The van der Waals surface area contributed by atoms with Crippen LogP contribution >= 0.6 is 12.2 Å². The van der Waals surface area contributed by atoms with E-state index >= 15 is 0 Å². The van der Waals surface area contributed by atoms with Crippen molar-refractivity contribution in [2.75, 3.05) is 11.9 Å². The molecule has 0 bridgehead atoms. The Hall–Kier alpha value is -3.47. The van der Waals surface area contributed by atoms with Gasteiger partial charge in [0.15, 0.2) is 10.6 Å². The summed E-state index contributed by atoms with van der Waals surface area (Å²) in [6.07, 6.45) is -4.52. The van der Waals surface area contributed by atoms with Gasteiger partial charge in [-0.1, -0.05) is 35.9 Å². The Bertz CT molecular complexity index is 1200. The number of nitrogens with zero attached hydrogens (tertiary/aromatic N) is 2. The van der Waals surface area contributed by atoms with Crippen molar-refractivity contribution in [2.24, 2.45) is 0 Å². The Labute approximate surface area is 186 Å². The van der Waals surface area contributed by atoms with E-state index in [2.05, 4.69) is 15.5 Å². The van der Waals surface area contributed by atoms with E-state index in [0.29, 0.717) is 17.1 Å². The molecule has 1 heterocycles. The molecule has 0 saturated heterocycles. The number of benzene rings is 2. The Kier molecular flexibility index (Phi) is 6.78. The number of aromatic amines is 1. The monoisotopic (exact) mass is 463 g/mol. The van der Waals surface area contributed by atoms with Crippen molar-refractivity contribution in [1.82, 2.24) is 20.1 Å². The molecule has 0 atom stereocenters. The molecule has 0 saturated carbocycles. The maximum atomic E-state index is 12.7. The van der Waals surface area contributed by atoms with Crippen LogP contribution in [-0.4, -0.2) is 39.3 Å². The third kappa shape index (κ3) is 5.82. The Morgan fingerprint density at radius 1 is 1.12 bits per heavy atom. The highest BCUT2D eigenvalue weighted by atomic mass is 32.1. The first-order chi connectivity index (χ1) is 15.0. The second-order valence-electron chi connectivity index (χ2n) is 7.18. The van der Waals surface area contributed by atoms with E-state index in [-0.39, 0.29) is 16.9 Å². The zero-order valence-electron chi connectivity index (χ0n) is 17.2. The van der Waals surface area contributed by atoms with E-state index in [9.17, 15) is 22.8 Å². The van der Waals surface area contributed by atoms with Gasteiger partial charge in [-0.15, -0.1) is 0 Å². The van der Waals surface area contributed by atoms with Gasteiger partial charge in [0.05, 0.1) is 0 Å². The van der Waals surface area contributed by atoms with Crippen LogP contribution < -0.4 is 10.6 Å². The molecule has 32 heavy (non-hydrogen) atoms. The molecule has 168 valence electrons. The average Bonchev–Trinajstić information content (AvgIpc) is 3.08. The van der Waals surface area contributed by atoms with Crippen LogP contribution in [0.15, 0.2) is 42.5 Å². The molecule has 0 fully saturated rings. The lowest BCUT2D eigenvalue weighted by atomic mass is 10.1. The number of hydrogen-bond donors (Lipinski definition) is 3. The zero-order chi connectivity index (χ0) is 23.5. The third-order valence-corrected chi connectivity index (χ3v) is 4.90. The number of H-pyrrole nitrogens is 1. The van der Waals surface area contributed by atoms with Gasteiger partial charge in [0, 0.05) is 16.8 Å². The summed E-state index contributed by atoms with van der Waals surface area (Å²) in [5.41, 5.74) is 2.79.